The van der Waals surface area contributed by atoms with Crippen LogP contribution >= 0.6 is 0 Å². The molecule has 1 aliphatic rings. The monoisotopic (exact) mass is 322 g/mol. The number of ether oxygens (including phenoxy) is 1. The number of likely N-dealkylation sites (tertiary alicyclic amines) is 1. The quantitative estimate of drug-likeness (QED) is 0.927. The molecule has 0 bridgehead atoms. The second kappa shape index (κ2) is 6.97. The van der Waals surface area contributed by atoms with Crippen LogP contribution in [0.15, 0.2) is 18.2 Å². The van der Waals surface area contributed by atoms with Crippen LogP contribution in [0.5, 0.6) is 0 Å². The normalized spacial score (nSPS) is 20.8. The van der Waals surface area contributed by atoms with Crippen molar-refractivity contribution < 1.29 is 13.9 Å². The SMILES string of the molecule is CC(C)OCc1cc(C(=O)N2CCC(N)C(C)(C)C2)ccc1F. The first-order valence-corrected chi connectivity index (χ1v) is 8.15. The molecule has 1 atom stereocenters. The van der Waals surface area contributed by atoms with Gasteiger partial charge in [0.25, 0.3) is 5.91 Å². The molecule has 1 aromatic carbocycles. The van der Waals surface area contributed by atoms with Crippen molar-refractivity contribution in [3.8, 4) is 0 Å². The Bertz CT molecular complexity index is 572. The number of rotatable bonds is 4. The lowest BCUT2D eigenvalue weighted by Gasteiger charge is -2.42. The number of carbonyl (C=O) groups is 1. The van der Waals surface area contributed by atoms with Crippen LogP contribution in [0.2, 0.25) is 0 Å². The average Bonchev–Trinajstić information content (AvgIpc) is 2.48. The van der Waals surface area contributed by atoms with Gasteiger partial charge < -0.3 is 15.4 Å². The molecule has 2 rings (SSSR count). The molecule has 0 spiro atoms. The van der Waals surface area contributed by atoms with Gasteiger partial charge in [-0.2, -0.15) is 0 Å². The van der Waals surface area contributed by atoms with E-state index >= 15 is 0 Å². The maximum Gasteiger partial charge on any atom is 0.253 e. The summed E-state index contributed by atoms with van der Waals surface area (Å²) in [6.45, 7) is 9.35. The van der Waals surface area contributed by atoms with E-state index in [1.165, 1.54) is 12.1 Å². The summed E-state index contributed by atoms with van der Waals surface area (Å²) >= 11 is 0. The molecule has 0 radical (unpaired) electrons. The van der Waals surface area contributed by atoms with E-state index in [0.717, 1.165) is 6.42 Å². The maximum absolute atomic E-state index is 13.9. The predicted octanol–water partition coefficient (Wildman–Crippen LogP) is 2.95. The van der Waals surface area contributed by atoms with Gasteiger partial charge in [0.15, 0.2) is 0 Å². The van der Waals surface area contributed by atoms with Crippen LogP contribution in [0.1, 0.15) is 50.0 Å². The Hall–Kier alpha value is -1.46. The molecular weight excluding hydrogens is 295 g/mol. The third-order valence-corrected chi connectivity index (χ3v) is 4.46. The Morgan fingerprint density at radius 2 is 2.17 bits per heavy atom. The lowest BCUT2D eigenvalue weighted by Crippen LogP contribution is -2.54. The van der Waals surface area contributed by atoms with Crippen LogP contribution in [-0.4, -0.2) is 36.0 Å². The summed E-state index contributed by atoms with van der Waals surface area (Å²) in [5.74, 6) is -0.418. The highest BCUT2D eigenvalue weighted by atomic mass is 19.1. The molecule has 4 nitrogen and oxygen atoms in total. The van der Waals surface area contributed by atoms with Crippen LogP contribution in [0, 0.1) is 11.2 Å². The van der Waals surface area contributed by atoms with Gasteiger partial charge in [0.05, 0.1) is 12.7 Å². The minimum atomic E-state index is -0.344. The third-order valence-electron chi connectivity index (χ3n) is 4.46. The molecule has 2 N–H and O–H groups in total. The van der Waals surface area contributed by atoms with E-state index in [9.17, 15) is 9.18 Å². The zero-order valence-corrected chi connectivity index (χ0v) is 14.4. The minimum absolute atomic E-state index is 0.0122. The second-order valence-electron chi connectivity index (χ2n) is 7.28. The molecular formula is C18H27FN2O2. The van der Waals surface area contributed by atoms with Crippen LogP contribution < -0.4 is 5.73 Å². The Kier molecular flexibility index (Phi) is 5.42. The van der Waals surface area contributed by atoms with Crippen LogP contribution in [-0.2, 0) is 11.3 Å². The minimum Gasteiger partial charge on any atom is -0.374 e. The van der Waals surface area contributed by atoms with Gasteiger partial charge in [0.2, 0.25) is 0 Å². The number of nitrogens with two attached hydrogens (primary N) is 1. The van der Waals surface area contributed by atoms with E-state index in [-0.39, 0.29) is 35.9 Å². The number of piperidine rings is 1. The van der Waals surface area contributed by atoms with E-state index in [4.69, 9.17) is 10.5 Å². The highest BCUT2D eigenvalue weighted by Crippen LogP contribution is 2.28. The molecule has 1 amide bonds. The first kappa shape index (κ1) is 17.9. The molecule has 1 aromatic rings. The van der Waals surface area contributed by atoms with Gasteiger partial charge in [0, 0.05) is 30.3 Å². The summed E-state index contributed by atoms with van der Waals surface area (Å²) in [4.78, 5) is 14.5. The molecule has 0 aliphatic carbocycles. The first-order valence-electron chi connectivity index (χ1n) is 8.15. The topological polar surface area (TPSA) is 55.6 Å². The van der Waals surface area contributed by atoms with E-state index < -0.39 is 0 Å². The Labute approximate surface area is 137 Å². The summed E-state index contributed by atoms with van der Waals surface area (Å²) in [6, 6.07) is 4.57. The summed E-state index contributed by atoms with van der Waals surface area (Å²) in [5.41, 5.74) is 6.92. The molecule has 0 saturated carbocycles. The zero-order chi connectivity index (χ0) is 17.2. The van der Waals surface area contributed by atoms with Gasteiger partial charge in [-0.15, -0.1) is 0 Å². The Balaban J connectivity index is 2.15. The fourth-order valence-electron chi connectivity index (χ4n) is 2.80. The van der Waals surface area contributed by atoms with Gasteiger partial charge in [-0.3, -0.25) is 4.79 Å². The van der Waals surface area contributed by atoms with Crippen molar-refractivity contribution in [2.24, 2.45) is 11.1 Å². The van der Waals surface area contributed by atoms with Gasteiger partial charge in [-0.1, -0.05) is 13.8 Å². The van der Waals surface area contributed by atoms with E-state index in [1.807, 2.05) is 18.7 Å². The van der Waals surface area contributed by atoms with Crippen molar-refractivity contribution in [2.45, 2.75) is 52.9 Å². The molecule has 5 heteroatoms. The third kappa shape index (κ3) is 4.30. The standard InChI is InChI=1S/C18H27FN2O2/c1-12(2)23-10-14-9-13(5-6-15(14)19)17(22)21-8-7-16(20)18(3,4)11-21/h5-6,9,12,16H,7-8,10-11,20H2,1-4H3. The molecule has 0 aromatic heterocycles. The van der Waals surface area contributed by atoms with Gasteiger partial charge in [-0.05, 0) is 43.9 Å². The van der Waals surface area contributed by atoms with Crippen molar-refractivity contribution in [1.29, 1.82) is 0 Å². The van der Waals surface area contributed by atoms with Crippen molar-refractivity contribution in [1.82, 2.24) is 4.90 Å². The number of halogens is 1. The Morgan fingerprint density at radius 3 is 2.78 bits per heavy atom. The van der Waals surface area contributed by atoms with E-state index in [1.54, 1.807) is 6.07 Å². The Morgan fingerprint density at radius 1 is 1.48 bits per heavy atom. The van der Waals surface area contributed by atoms with Crippen molar-refractivity contribution >= 4 is 5.91 Å². The van der Waals surface area contributed by atoms with Crippen LogP contribution in [0.3, 0.4) is 0 Å². The average molecular weight is 322 g/mol. The molecule has 1 heterocycles. The maximum atomic E-state index is 13.9. The van der Waals surface area contributed by atoms with Gasteiger partial charge in [-0.25, -0.2) is 4.39 Å². The molecule has 128 valence electrons. The van der Waals surface area contributed by atoms with Crippen molar-refractivity contribution in [3.63, 3.8) is 0 Å². The van der Waals surface area contributed by atoms with E-state index in [2.05, 4.69) is 13.8 Å². The fourth-order valence-corrected chi connectivity index (χ4v) is 2.80. The highest BCUT2D eigenvalue weighted by Gasteiger charge is 2.35. The summed E-state index contributed by atoms with van der Waals surface area (Å²) < 4.78 is 19.3. The summed E-state index contributed by atoms with van der Waals surface area (Å²) in [6.07, 6.45) is 0.793. The van der Waals surface area contributed by atoms with E-state index in [0.29, 0.717) is 24.2 Å². The van der Waals surface area contributed by atoms with Crippen LogP contribution in [0.4, 0.5) is 4.39 Å². The number of hydrogen-bond donors (Lipinski definition) is 1. The smallest absolute Gasteiger partial charge is 0.253 e. The number of carbonyl (C=O) groups excluding carboxylic acids is 1. The molecule has 23 heavy (non-hydrogen) atoms. The lowest BCUT2D eigenvalue weighted by molar-refractivity contribution is 0.0531. The van der Waals surface area contributed by atoms with Gasteiger partial charge in [0.1, 0.15) is 5.82 Å². The summed E-state index contributed by atoms with van der Waals surface area (Å²) in [5, 5.41) is 0. The lowest BCUT2D eigenvalue weighted by atomic mass is 9.79. The number of nitrogens with zero attached hydrogens (tertiary/aromatic N) is 1. The van der Waals surface area contributed by atoms with Crippen molar-refractivity contribution in [3.05, 3.63) is 35.1 Å². The highest BCUT2D eigenvalue weighted by molar-refractivity contribution is 5.94. The molecule has 1 fully saturated rings. The van der Waals surface area contributed by atoms with Gasteiger partial charge >= 0.3 is 0 Å². The van der Waals surface area contributed by atoms with Crippen molar-refractivity contribution in [2.75, 3.05) is 13.1 Å². The molecule has 1 aliphatic heterocycles. The first-order chi connectivity index (χ1) is 10.7. The second-order valence-corrected chi connectivity index (χ2v) is 7.28. The summed E-state index contributed by atoms with van der Waals surface area (Å²) in [7, 11) is 0. The number of hydrogen-bond acceptors (Lipinski definition) is 3. The number of benzene rings is 1. The van der Waals surface area contributed by atoms with Crippen LogP contribution in [0.25, 0.3) is 0 Å². The predicted molar refractivity (Wildman–Crippen MR) is 88.6 cm³/mol. The number of amides is 1. The molecule has 1 unspecified atom stereocenters. The fraction of sp³-hybridized carbons (Fsp3) is 0.611. The molecule has 1 saturated heterocycles. The zero-order valence-electron chi connectivity index (χ0n) is 14.4. The largest absolute Gasteiger partial charge is 0.374 e.